The van der Waals surface area contributed by atoms with E-state index in [2.05, 4.69) is 14.4 Å². The molecule has 86 valence electrons. The number of hydrogen-bond acceptors (Lipinski definition) is 5. The molecule has 4 nitrogen and oxygen atoms in total. The number of aryl methyl sites for hydroxylation is 1. The van der Waals surface area contributed by atoms with E-state index in [-0.39, 0.29) is 22.3 Å². The van der Waals surface area contributed by atoms with Gasteiger partial charge in [-0.1, -0.05) is 0 Å². The van der Waals surface area contributed by atoms with Crippen LogP contribution in [0, 0.1) is 6.92 Å². The highest BCUT2D eigenvalue weighted by Crippen LogP contribution is 2.34. The van der Waals surface area contributed by atoms with Crippen LogP contribution in [0.2, 0.25) is 0 Å². The minimum atomic E-state index is -4.59. The standard InChI is InChI=1S/C8H6F3N3OS/c1-3-5(4-2-16-7(12)14-4)15-6(13-3)8(9,10)11/h2H,1H3,(H2,12,14). The van der Waals surface area contributed by atoms with Gasteiger partial charge in [0.2, 0.25) is 0 Å². The first-order chi connectivity index (χ1) is 7.38. The second-order valence-electron chi connectivity index (χ2n) is 3.00. The summed E-state index contributed by atoms with van der Waals surface area (Å²) < 4.78 is 41.5. The summed E-state index contributed by atoms with van der Waals surface area (Å²) in [5.74, 6) is -1.27. The van der Waals surface area contributed by atoms with Crippen molar-refractivity contribution in [1.29, 1.82) is 0 Å². The van der Waals surface area contributed by atoms with E-state index < -0.39 is 12.1 Å². The lowest BCUT2D eigenvalue weighted by Crippen LogP contribution is -2.04. The number of nitrogens with two attached hydrogens (primary N) is 1. The number of nitrogens with zero attached hydrogens (tertiary/aromatic N) is 2. The van der Waals surface area contributed by atoms with Crippen molar-refractivity contribution in [2.45, 2.75) is 13.1 Å². The summed E-state index contributed by atoms with van der Waals surface area (Å²) in [6.45, 7) is 1.42. The molecule has 0 unspecified atom stereocenters. The molecule has 0 saturated carbocycles. The molecule has 0 saturated heterocycles. The first-order valence-electron chi connectivity index (χ1n) is 4.14. The second kappa shape index (κ2) is 3.48. The van der Waals surface area contributed by atoms with Crippen molar-refractivity contribution in [1.82, 2.24) is 9.97 Å². The highest BCUT2D eigenvalue weighted by molar-refractivity contribution is 7.13. The molecule has 2 rings (SSSR count). The Bertz CT molecular complexity index is 517. The van der Waals surface area contributed by atoms with Crippen LogP contribution < -0.4 is 5.73 Å². The Labute approximate surface area is 91.9 Å². The highest BCUT2D eigenvalue weighted by Gasteiger charge is 2.38. The number of rotatable bonds is 1. The summed E-state index contributed by atoms with van der Waals surface area (Å²) in [7, 11) is 0. The fourth-order valence-electron chi connectivity index (χ4n) is 1.15. The van der Waals surface area contributed by atoms with E-state index in [9.17, 15) is 13.2 Å². The molecule has 0 aliphatic heterocycles. The summed E-state index contributed by atoms with van der Waals surface area (Å²) in [5, 5.41) is 1.78. The van der Waals surface area contributed by atoms with Gasteiger partial charge in [0, 0.05) is 5.38 Å². The van der Waals surface area contributed by atoms with Gasteiger partial charge in [-0.25, -0.2) is 9.97 Å². The zero-order chi connectivity index (χ0) is 11.9. The van der Waals surface area contributed by atoms with Gasteiger partial charge in [-0.05, 0) is 6.92 Å². The van der Waals surface area contributed by atoms with Gasteiger partial charge in [0.25, 0.3) is 0 Å². The van der Waals surface area contributed by atoms with Crippen molar-refractivity contribution in [2.24, 2.45) is 0 Å². The maximum Gasteiger partial charge on any atom is 0.468 e. The molecular weight excluding hydrogens is 243 g/mol. The highest BCUT2D eigenvalue weighted by atomic mass is 32.1. The van der Waals surface area contributed by atoms with Gasteiger partial charge >= 0.3 is 12.1 Å². The quantitative estimate of drug-likeness (QED) is 0.843. The van der Waals surface area contributed by atoms with E-state index >= 15 is 0 Å². The van der Waals surface area contributed by atoms with Crippen LogP contribution in [0.25, 0.3) is 11.5 Å². The lowest BCUT2D eigenvalue weighted by atomic mass is 10.3. The molecule has 0 atom stereocenters. The summed E-state index contributed by atoms with van der Waals surface area (Å²) in [6.07, 6.45) is -4.59. The number of thiazole rings is 1. The van der Waals surface area contributed by atoms with Crippen LogP contribution >= 0.6 is 11.3 Å². The Hall–Kier alpha value is -1.57. The van der Waals surface area contributed by atoms with Crippen molar-refractivity contribution in [3.63, 3.8) is 0 Å². The Morgan fingerprint density at radius 3 is 2.50 bits per heavy atom. The molecule has 0 aliphatic carbocycles. The minimum absolute atomic E-state index is 0.000255. The summed E-state index contributed by atoms with van der Waals surface area (Å²) in [5.41, 5.74) is 5.79. The van der Waals surface area contributed by atoms with Gasteiger partial charge < -0.3 is 10.2 Å². The zero-order valence-corrected chi connectivity index (χ0v) is 8.82. The predicted octanol–water partition coefficient (Wildman–Crippen LogP) is 2.71. The van der Waals surface area contributed by atoms with Crippen LogP contribution in [0.5, 0.6) is 0 Å². The van der Waals surface area contributed by atoms with E-state index in [1.807, 2.05) is 0 Å². The summed E-state index contributed by atoms with van der Waals surface area (Å²) >= 11 is 1.12. The third-order valence-corrected chi connectivity index (χ3v) is 2.47. The fraction of sp³-hybridized carbons (Fsp3) is 0.250. The van der Waals surface area contributed by atoms with Gasteiger partial charge in [0.15, 0.2) is 10.9 Å². The van der Waals surface area contributed by atoms with Crippen molar-refractivity contribution in [2.75, 3.05) is 5.73 Å². The van der Waals surface area contributed by atoms with Gasteiger partial charge in [-0.15, -0.1) is 11.3 Å². The van der Waals surface area contributed by atoms with Gasteiger partial charge in [0.05, 0.1) is 5.69 Å². The van der Waals surface area contributed by atoms with E-state index in [0.717, 1.165) is 11.3 Å². The first kappa shape index (κ1) is 10.9. The lowest BCUT2D eigenvalue weighted by Gasteiger charge is -1.97. The van der Waals surface area contributed by atoms with Gasteiger partial charge in [-0.3, -0.25) is 0 Å². The maximum atomic E-state index is 12.3. The Morgan fingerprint density at radius 2 is 2.06 bits per heavy atom. The van der Waals surface area contributed by atoms with Crippen LogP contribution in [-0.2, 0) is 6.18 Å². The molecule has 0 fully saturated rings. The number of aromatic nitrogens is 2. The van der Waals surface area contributed by atoms with Crippen LogP contribution in [0.15, 0.2) is 9.80 Å². The number of nitrogen functional groups attached to an aromatic ring is 1. The Morgan fingerprint density at radius 1 is 1.38 bits per heavy atom. The van der Waals surface area contributed by atoms with Crippen molar-refractivity contribution in [3.05, 3.63) is 17.0 Å². The summed E-state index contributed by atoms with van der Waals surface area (Å²) in [4.78, 5) is 7.13. The predicted molar refractivity (Wildman–Crippen MR) is 51.8 cm³/mol. The fourth-order valence-corrected chi connectivity index (χ4v) is 1.69. The zero-order valence-electron chi connectivity index (χ0n) is 8.00. The molecule has 2 N–H and O–H groups in total. The molecule has 8 heteroatoms. The molecule has 0 spiro atoms. The third kappa shape index (κ3) is 1.87. The Balaban J connectivity index is 2.47. The van der Waals surface area contributed by atoms with Crippen LogP contribution in [0.1, 0.15) is 11.6 Å². The summed E-state index contributed by atoms with van der Waals surface area (Å²) in [6, 6.07) is 0. The van der Waals surface area contributed by atoms with Crippen LogP contribution in [-0.4, -0.2) is 9.97 Å². The molecule has 2 aromatic heterocycles. The van der Waals surface area contributed by atoms with E-state index in [4.69, 9.17) is 5.73 Å². The minimum Gasteiger partial charge on any atom is -0.431 e. The van der Waals surface area contributed by atoms with E-state index in [0.29, 0.717) is 0 Å². The normalized spacial score (nSPS) is 12.0. The lowest BCUT2D eigenvalue weighted by molar-refractivity contribution is -0.156. The molecule has 2 heterocycles. The van der Waals surface area contributed by atoms with E-state index in [1.54, 1.807) is 0 Å². The number of halogens is 3. The molecular formula is C8H6F3N3OS. The molecule has 0 aromatic carbocycles. The SMILES string of the molecule is Cc1nc(C(F)(F)F)oc1-c1csc(N)n1. The number of alkyl halides is 3. The topological polar surface area (TPSA) is 64.9 Å². The largest absolute Gasteiger partial charge is 0.468 e. The molecule has 0 aliphatic rings. The molecule has 16 heavy (non-hydrogen) atoms. The van der Waals surface area contributed by atoms with Crippen LogP contribution in [0.3, 0.4) is 0 Å². The average Bonchev–Trinajstić information content (AvgIpc) is 2.70. The number of oxazole rings is 1. The maximum absolute atomic E-state index is 12.3. The smallest absolute Gasteiger partial charge is 0.431 e. The van der Waals surface area contributed by atoms with Crippen LogP contribution in [0.4, 0.5) is 18.3 Å². The van der Waals surface area contributed by atoms with Crippen molar-refractivity contribution >= 4 is 16.5 Å². The number of hydrogen-bond donors (Lipinski definition) is 1. The van der Waals surface area contributed by atoms with Gasteiger partial charge in [-0.2, -0.15) is 13.2 Å². The first-order valence-corrected chi connectivity index (χ1v) is 5.02. The third-order valence-electron chi connectivity index (χ3n) is 1.79. The monoisotopic (exact) mass is 249 g/mol. The molecule has 2 aromatic rings. The molecule has 0 amide bonds. The van der Waals surface area contributed by atoms with E-state index in [1.165, 1.54) is 12.3 Å². The molecule has 0 radical (unpaired) electrons. The second-order valence-corrected chi connectivity index (χ2v) is 3.89. The van der Waals surface area contributed by atoms with Crippen molar-refractivity contribution in [3.8, 4) is 11.5 Å². The average molecular weight is 249 g/mol. The number of anilines is 1. The van der Waals surface area contributed by atoms with Crippen molar-refractivity contribution < 1.29 is 17.6 Å². The van der Waals surface area contributed by atoms with Gasteiger partial charge in [0.1, 0.15) is 5.69 Å². The molecule has 0 bridgehead atoms. The Kier molecular flexibility index (Phi) is 2.38.